The van der Waals surface area contributed by atoms with Crippen LogP contribution in [0.3, 0.4) is 0 Å². The highest BCUT2D eigenvalue weighted by molar-refractivity contribution is 14.1. The lowest BCUT2D eigenvalue weighted by Crippen LogP contribution is -2.05. The van der Waals surface area contributed by atoms with Crippen molar-refractivity contribution in [3.05, 3.63) is 39.9 Å². The number of halogens is 1. The molecule has 0 aliphatic carbocycles. The van der Waals surface area contributed by atoms with Gasteiger partial charge in [-0.05, 0) is 12.0 Å². The van der Waals surface area contributed by atoms with E-state index in [0.29, 0.717) is 12.0 Å². The molecule has 2 unspecified atom stereocenters. The maximum absolute atomic E-state index is 10.5. The van der Waals surface area contributed by atoms with E-state index >= 15 is 0 Å². The van der Waals surface area contributed by atoms with Crippen molar-refractivity contribution < 1.29 is 9.66 Å². The summed E-state index contributed by atoms with van der Waals surface area (Å²) >= 11 is 2.32. The molecule has 1 aromatic carbocycles. The topological polar surface area (TPSA) is 52.4 Å². The summed E-state index contributed by atoms with van der Waals surface area (Å²) in [5.74, 6) is 0.389. The molecule has 2 atom stereocenters. The Morgan fingerprint density at radius 2 is 2.12 bits per heavy atom. The molecule has 0 aromatic heterocycles. The summed E-state index contributed by atoms with van der Waals surface area (Å²) in [5.41, 5.74) is 1.28. The van der Waals surface area contributed by atoms with Crippen LogP contribution >= 0.6 is 22.6 Å². The van der Waals surface area contributed by atoms with Crippen molar-refractivity contribution in [1.82, 2.24) is 0 Å². The number of rotatable bonds is 3. The van der Waals surface area contributed by atoms with E-state index in [1.807, 2.05) is 12.1 Å². The van der Waals surface area contributed by atoms with Crippen molar-refractivity contribution in [2.75, 3.05) is 11.0 Å². The van der Waals surface area contributed by atoms with Crippen molar-refractivity contribution in [1.29, 1.82) is 0 Å². The smallest absolute Gasteiger partial charge is 0.269 e. The van der Waals surface area contributed by atoms with Gasteiger partial charge in [-0.15, -0.1) is 0 Å². The van der Waals surface area contributed by atoms with Crippen LogP contribution < -0.4 is 0 Å². The van der Waals surface area contributed by atoms with E-state index in [9.17, 15) is 10.1 Å². The fourth-order valence-electron chi connectivity index (χ4n) is 1.91. The van der Waals surface area contributed by atoms with Crippen LogP contribution in [-0.4, -0.2) is 22.1 Å². The van der Waals surface area contributed by atoms with E-state index < -0.39 is 0 Å². The maximum atomic E-state index is 10.5. The zero-order valence-electron chi connectivity index (χ0n) is 8.64. The molecule has 1 aromatic rings. The minimum Gasteiger partial charge on any atom is -0.377 e. The lowest BCUT2D eigenvalue weighted by atomic mass is 9.96. The summed E-state index contributed by atoms with van der Waals surface area (Å²) in [5, 5.41) is 10.5. The molecule has 5 heteroatoms. The third kappa shape index (κ3) is 2.52. The first-order valence-corrected chi connectivity index (χ1v) is 6.65. The largest absolute Gasteiger partial charge is 0.377 e. The molecule has 1 fully saturated rings. The summed E-state index contributed by atoms with van der Waals surface area (Å²) in [6.07, 6.45) is 1.35. The summed E-state index contributed by atoms with van der Waals surface area (Å²) in [6, 6.07) is 6.79. The normalized spacial score (nSPS) is 24.6. The van der Waals surface area contributed by atoms with Crippen LogP contribution in [0.15, 0.2) is 24.3 Å². The lowest BCUT2D eigenvalue weighted by Gasteiger charge is -2.07. The minimum atomic E-state index is -0.372. The van der Waals surface area contributed by atoms with Crippen molar-refractivity contribution in [2.24, 2.45) is 0 Å². The number of hydrogen-bond acceptors (Lipinski definition) is 3. The Morgan fingerprint density at radius 1 is 1.44 bits per heavy atom. The van der Waals surface area contributed by atoms with Gasteiger partial charge in [-0.25, -0.2) is 0 Å². The van der Waals surface area contributed by atoms with Crippen LogP contribution in [-0.2, 0) is 4.74 Å². The Bertz CT molecular complexity index is 379. The van der Waals surface area contributed by atoms with Gasteiger partial charge in [-0.1, -0.05) is 34.7 Å². The molecule has 0 bridgehead atoms. The molecular formula is C11H12INO3. The number of alkyl halides is 1. The standard InChI is InChI=1S/C11H12INO3/c12-6-11-5-9(7-16-11)8-1-3-10(4-2-8)13(14)15/h1-4,9,11H,5-7H2. The third-order valence-electron chi connectivity index (χ3n) is 2.83. The Morgan fingerprint density at radius 3 is 2.62 bits per heavy atom. The Balaban J connectivity index is 2.08. The number of non-ortho nitro benzene ring substituents is 1. The van der Waals surface area contributed by atoms with Gasteiger partial charge in [-0.2, -0.15) is 0 Å². The number of hydrogen-bond donors (Lipinski definition) is 0. The average Bonchev–Trinajstić information content (AvgIpc) is 2.77. The summed E-state index contributed by atoms with van der Waals surface area (Å²) in [6.45, 7) is 0.728. The van der Waals surface area contributed by atoms with Gasteiger partial charge in [0.25, 0.3) is 5.69 Å². The van der Waals surface area contributed by atoms with Crippen molar-refractivity contribution in [3.63, 3.8) is 0 Å². The van der Waals surface area contributed by atoms with Crippen LogP contribution in [0.25, 0.3) is 0 Å². The molecule has 1 heterocycles. The highest BCUT2D eigenvalue weighted by Gasteiger charge is 2.25. The second-order valence-corrected chi connectivity index (χ2v) is 4.77. The van der Waals surface area contributed by atoms with Crippen molar-refractivity contribution >= 4 is 28.3 Å². The molecule has 0 radical (unpaired) electrons. The first-order valence-electron chi connectivity index (χ1n) is 5.12. The second kappa shape index (κ2) is 5.09. The zero-order chi connectivity index (χ0) is 11.5. The zero-order valence-corrected chi connectivity index (χ0v) is 10.8. The van der Waals surface area contributed by atoms with E-state index in [4.69, 9.17) is 4.74 Å². The van der Waals surface area contributed by atoms with E-state index in [-0.39, 0.29) is 10.6 Å². The van der Waals surface area contributed by atoms with Crippen LogP contribution in [0.1, 0.15) is 17.9 Å². The number of ether oxygens (including phenoxy) is 1. The first-order chi connectivity index (χ1) is 7.70. The van der Waals surface area contributed by atoms with Gasteiger partial charge in [0.15, 0.2) is 0 Å². The average molecular weight is 333 g/mol. The highest BCUT2D eigenvalue weighted by Crippen LogP contribution is 2.30. The second-order valence-electron chi connectivity index (χ2n) is 3.89. The number of nitro groups is 1. The monoisotopic (exact) mass is 333 g/mol. The molecule has 0 amide bonds. The van der Waals surface area contributed by atoms with Gasteiger partial charge >= 0.3 is 0 Å². The molecular weight excluding hydrogens is 321 g/mol. The fourth-order valence-corrected chi connectivity index (χ4v) is 2.53. The minimum absolute atomic E-state index is 0.146. The van der Waals surface area contributed by atoms with E-state index in [1.165, 1.54) is 0 Å². The van der Waals surface area contributed by atoms with Gasteiger partial charge in [0.2, 0.25) is 0 Å². The quantitative estimate of drug-likeness (QED) is 0.370. The lowest BCUT2D eigenvalue weighted by molar-refractivity contribution is -0.384. The molecule has 16 heavy (non-hydrogen) atoms. The molecule has 86 valence electrons. The Hall–Kier alpha value is -0.690. The molecule has 0 spiro atoms. The maximum Gasteiger partial charge on any atom is 0.269 e. The Kier molecular flexibility index (Phi) is 3.75. The molecule has 1 saturated heterocycles. The highest BCUT2D eigenvalue weighted by atomic mass is 127. The van der Waals surface area contributed by atoms with Gasteiger partial charge in [0, 0.05) is 22.5 Å². The summed E-state index contributed by atoms with van der Waals surface area (Å²) in [4.78, 5) is 10.1. The molecule has 4 nitrogen and oxygen atoms in total. The fraction of sp³-hybridized carbons (Fsp3) is 0.455. The van der Waals surface area contributed by atoms with Crippen LogP contribution in [0.4, 0.5) is 5.69 Å². The van der Waals surface area contributed by atoms with Crippen LogP contribution in [0.2, 0.25) is 0 Å². The number of nitrogens with zero attached hydrogens (tertiary/aromatic N) is 1. The van der Waals surface area contributed by atoms with E-state index in [1.54, 1.807) is 12.1 Å². The van der Waals surface area contributed by atoms with Gasteiger partial charge in [-0.3, -0.25) is 10.1 Å². The molecule has 2 rings (SSSR count). The molecule has 1 aliphatic rings. The SMILES string of the molecule is O=[N+]([O-])c1ccc(C2COC(CI)C2)cc1. The summed E-state index contributed by atoms with van der Waals surface area (Å²) < 4.78 is 6.61. The van der Waals surface area contributed by atoms with Crippen molar-refractivity contribution in [3.8, 4) is 0 Å². The van der Waals surface area contributed by atoms with E-state index in [2.05, 4.69) is 22.6 Å². The summed E-state index contributed by atoms with van der Waals surface area (Å²) in [7, 11) is 0. The molecule has 0 N–H and O–H groups in total. The Labute approximate surface area is 107 Å². The molecule has 1 aliphatic heterocycles. The predicted octanol–water partition coefficient (Wildman–Crippen LogP) is 2.90. The van der Waals surface area contributed by atoms with Gasteiger partial charge < -0.3 is 4.74 Å². The number of nitro benzene ring substituents is 1. The van der Waals surface area contributed by atoms with E-state index in [0.717, 1.165) is 23.0 Å². The first kappa shape index (κ1) is 11.8. The van der Waals surface area contributed by atoms with Crippen LogP contribution in [0.5, 0.6) is 0 Å². The van der Waals surface area contributed by atoms with Gasteiger partial charge in [0.05, 0.1) is 17.6 Å². The number of benzene rings is 1. The molecule has 0 saturated carbocycles. The van der Waals surface area contributed by atoms with Gasteiger partial charge in [0.1, 0.15) is 0 Å². The predicted molar refractivity (Wildman–Crippen MR) is 69.1 cm³/mol. The third-order valence-corrected chi connectivity index (χ3v) is 3.81. The van der Waals surface area contributed by atoms with Crippen molar-refractivity contribution in [2.45, 2.75) is 18.4 Å². The van der Waals surface area contributed by atoms with Crippen LogP contribution in [0, 0.1) is 10.1 Å².